The Labute approximate surface area is 90.5 Å². The molecule has 0 atom stereocenters. The first kappa shape index (κ1) is 10.2. The molecule has 0 amide bonds. The van der Waals surface area contributed by atoms with Crippen LogP contribution in [0.2, 0.25) is 0 Å². The lowest BCUT2D eigenvalue weighted by atomic mass is 10.1. The molecule has 0 bridgehead atoms. The second kappa shape index (κ2) is 4.04. The molecule has 2 N–H and O–H groups in total. The van der Waals surface area contributed by atoms with Gasteiger partial charge in [-0.1, -0.05) is 0 Å². The zero-order chi connectivity index (χ0) is 10.8. The summed E-state index contributed by atoms with van der Waals surface area (Å²) in [5, 5.41) is 0. The van der Waals surface area contributed by atoms with E-state index in [2.05, 4.69) is 14.9 Å². The maximum atomic E-state index is 5.85. The van der Waals surface area contributed by atoms with Crippen LogP contribution >= 0.6 is 0 Å². The zero-order valence-corrected chi connectivity index (χ0v) is 9.45. The van der Waals surface area contributed by atoms with Gasteiger partial charge in [-0.25, -0.2) is 9.97 Å². The van der Waals surface area contributed by atoms with Crippen molar-refractivity contribution in [3.05, 3.63) is 11.4 Å². The van der Waals surface area contributed by atoms with Crippen LogP contribution in [-0.4, -0.2) is 23.1 Å². The molecule has 1 aromatic rings. The van der Waals surface area contributed by atoms with Gasteiger partial charge in [-0.15, -0.1) is 0 Å². The summed E-state index contributed by atoms with van der Waals surface area (Å²) in [6.07, 6.45) is 3.83. The van der Waals surface area contributed by atoms with Crippen molar-refractivity contribution >= 4 is 11.6 Å². The topological polar surface area (TPSA) is 55.0 Å². The highest BCUT2D eigenvalue weighted by Gasteiger charge is 2.16. The quantitative estimate of drug-likeness (QED) is 0.759. The van der Waals surface area contributed by atoms with Crippen LogP contribution in [0, 0.1) is 13.8 Å². The molecule has 1 aliphatic heterocycles. The maximum Gasteiger partial charge on any atom is 0.137 e. The van der Waals surface area contributed by atoms with E-state index in [9.17, 15) is 0 Å². The van der Waals surface area contributed by atoms with E-state index in [0.717, 1.165) is 30.3 Å². The number of piperidine rings is 1. The van der Waals surface area contributed by atoms with E-state index in [1.807, 2.05) is 13.8 Å². The third-order valence-corrected chi connectivity index (χ3v) is 2.93. The van der Waals surface area contributed by atoms with Crippen LogP contribution < -0.4 is 10.6 Å². The number of hydrogen-bond acceptors (Lipinski definition) is 4. The van der Waals surface area contributed by atoms with E-state index in [1.54, 1.807) is 0 Å². The van der Waals surface area contributed by atoms with Gasteiger partial charge in [0.1, 0.15) is 17.5 Å². The number of aromatic nitrogens is 2. The summed E-state index contributed by atoms with van der Waals surface area (Å²) in [6, 6.07) is 0. The molecule has 1 aromatic heterocycles. The average Bonchev–Trinajstić information content (AvgIpc) is 2.24. The van der Waals surface area contributed by atoms with Gasteiger partial charge in [0.15, 0.2) is 0 Å². The molecular weight excluding hydrogens is 188 g/mol. The Morgan fingerprint density at radius 2 is 1.73 bits per heavy atom. The van der Waals surface area contributed by atoms with Gasteiger partial charge in [0.2, 0.25) is 0 Å². The Balaban J connectivity index is 2.33. The van der Waals surface area contributed by atoms with Gasteiger partial charge in [0.25, 0.3) is 0 Å². The van der Waals surface area contributed by atoms with Gasteiger partial charge in [0, 0.05) is 18.7 Å². The number of nitrogens with zero attached hydrogens (tertiary/aromatic N) is 3. The van der Waals surface area contributed by atoms with E-state index in [0.29, 0.717) is 5.82 Å². The van der Waals surface area contributed by atoms with Gasteiger partial charge in [0.05, 0.1) is 0 Å². The van der Waals surface area contributed by atoms with E-state index in [4.69, 9.17) is 5.73 Å². The maximum absolute atomic E-state index is 5.85. The van der Waals surface area contributed by atoms with Crippen LogP contribution in [0.3, 0.4) is 0 Å². The van der Waals surface area contributed by atoms with Gasteiger partial charge in [-0.05, 0) is 33.1 Å². The largest absolute Gasteiger partial charge is 0.383 e. The van der Waals surface area contributed by atoms with Crippen molar-refractivity contribution in [2.75, 3.05) is 23.7 Å². The molecule has 4 nitrogen and oxygen atoms in total. The van der Waals surface area contributed by atoms with Crippen molar-refractivity contribution in [3.63, 3.8) is 0 Å². The van der Waals surface area contributed by atoms with Gasteiger partial charge < -0.3 is 10.6 Å². The second-order valence-electron chi connectivity index (χ2n) is 4.15. The van der Waals surface area contributed by atoms with Gasteiger partial charge in [-0.2, -0.15) is 0 Å². The molecule has 15 heavy (non-hydrogen) atoms. The lowest BCUT2D eigenvalue weighted by molar-refractivity contribution is 0.571. The smallest absolute Gasteiger partial charge is 0.137 e. The zero-order valence-electron chi connectivity index (χ0n) is 9.45. The Kier molecular flexibility index (Phi) is 2.75. The minimum absolute atomic E-state index is 0.614. The number of nitrogens with two attached hydrogens (primary N) is 1. The van der Waals surface area contributed by atoms with Gasteiger partial charge >= 0.3 is 0 Å². The summed E-state index contributed by atoms with van der Waals surface area (Å²) in [7, 11) is 0. The Hall–Kier alpha value is -1.32. The molecule has 2 heterocycles. The van der Waals surface area contributed by atoms with Crippen LogP contribution in [0.15, 0.2) is 0 Å². The second-order valence-corrected chi connectivity index (χ2v) is 4.15. The molecule has 0 unspecified atom stereocenters. The Morgan fingerprint density at radius 1 is 1.07 bits per heavy atom. The van der Waals surface area contributed by atoms with Crippen LogP contribution in [-0.2, 0) is 0 Å². The van der Waals surface area contributed by atoms with Crippen molar-refractivity contribution in [1.29, 1.82) is 0 Å². The fourth-order valence-corrected chi connectivity index (χ4v) is 2.05. The predicted octanol–water partition coefficient (Wildman–Crippen LogP) is 1.67. The standard InChI is InChI=1S/C11H18N4/c1-8-10(12)13-9(2)14-11(8)15-6-4-3-5-7-15/h3-7H2,1-2H3,(H2,12,13,14). The molecular formula is C11H18N4. The fourth-order valence-electron chi connectivity index (χ4n) is 2.05. The molecule has 0 radical (unpaired) electrons. The van der Waals surface area contributed by atoms with E-state index in [1.165, 1.54) is 19.3 Å². The summed E-state index contributed by atoms with van der Waals surface area (Å²) >= 11 is 0. The number of aryl methyl sites for hydroxylation is 1. The first-order valence-electron chi connectivity index (χ1n) is 5.54. The molecule has 0 aliphatic carbocycles. The minimum atomic E-state index is 0.614. The fraction of sp³-hybridized carbons (Fsp3) is 0.636. The molecule has 0 aromatic carbocycles. The van der Waals surface area contributed by atoms with Crippen LogP contribution in [0.5, 0.6) is 0 Å². The highest BCUT2D eigenvalue weighted by Crippen LogP contribution is 2.24. The molecule has 2 rings (SSSR count). The van der Waals surface area contributed by atoms with E-state index < -0.39 is 0 Å². The molecule has 1 fully saturated rings. The summed E-state index contributed by atoms with van der Waals surface area (Å²) in [5.41, 5.74) is 6.87. The van der Waals surface area contributed by atoms with Crippen molar-refractivity contribution in [2.24, 2.45) is 0 Å². The van der Waals surface area contributed by atoms with Gasteiger partial charge in [-0.3, -0.25) is 0 Å². The summed E-state index contributed by atoms with van der Waals surface area (Å²) < 4.78 is 0. The first-order chi connectivity index (χ1) is 7.18. The third-order valence-electron chi connectivity index (χ3n) is 2.93. The van der Waals surface area contributed by atoms with Crippen molar-refractivity contribution in [3.8, 4) is 0 Å². The summed E-state index contributed by atoms with van der Waals surface area (Å²) in [6.45, 7) is 6.08. The van der Waals surface area contributed by atoms with Crippen LogP contribution in [0.1, 0.15) is 30.7 Å². The Morgan fingerprint density at radius 3 is 2.40 bits per heavy atom. The first-order valence-corrected chi connectivity index (χ1v) is 5.54. The van der Waals surface area contributed by atoms with E-state index >= 15 is 0 Å². The van der Waals surface area contributed by atoms with Crippen molar-refractivity contribution in [2.45, 2.75) is 33.1 Å². The van der Waals surface area contributed by atoms with Crippen LogP contribution in [0.25, 0.3) is 0 Å². The normalized spacial score (nSPS) is 16.8. The SMILES string of the molecule is Cc1nc(N)c(C)c(N2CCCCC2)n1. The number of rotatable bonds is 1. The minimum Gasteiger partial charge on any atom is -0.383 e. The average molecular weight is 206 g/mol. The molecule has 1 saturated heterocycles. The lowest BCUT2D eigenvalue weighted by Crippen LogP contribution is -2.31. The molecule has 1 aliphatic rings. The molecule has 0 saturated carbocycles. The Bertz CT molecular complexity index is 356. The summed E-state index contributed by atoms with van der Waals surface area (Å²) in [4.78, 5) is 11.0. The van der Waals surface area contributed by atoms with Crippen molar-refractivity contribution < 1.29 is 0 Å². The number of anilines is 2. The monoisotopic (exact) mass is 206 g/mol. The van der Waals surface area contributed by atoms with Crippen LogP contribution in [0.4, 0.5) is 11.6 Å². The highest BCUT2D eigenvalue weighted by molar-refractivity contribution is 5.56. The third kappa shape index (κ3) is 2.03. The van der Waals surface area contributed by atoms with Crippen molar-refractivity contribution in [1.82, 2.24) is 9.97 Å². The molecule has 82 valence electrons. The summed E-state index contributed by atoms with van der Waals surface area (Å²) in [5.74, 6) is 2.40. The molecule has 0 spiro atoms. The highest BCUT2D eigenvalue weighted by atomic mass is 15.2. The number of nitrogen functional groups attached to an aromatic ring is 1. The predicted molar refractivity (Wildman–Crippen MR) is 62.0 cm³/mol. The lowest BCUT2D eigenvalue weighted by Gasteiger charge is -2.29. The van der Waals surface area contributed by atoms with E-state index in [-0.39, 0.29) is 0 Å². The molecule has 4 heteroatoms. The number of hydrogen-bond donors (Lipinski definition) is 1.